The van der Waals surface area contributed by atoms with Crippen molar-refractivity contribution in [2.24, 2.45) is 5.92 Å². The van der Waals surface area contributed by atoms with Crippen LogP contribution >= 0.6 is 0 Å². The smallest absolute Gasteiger partial charge is 0.246 e. The molecule has 1 atom stereocenters. The lowest BCUT2D eigenvalue weighted by Crippen LogP contribution is -2.36. The minimum atomic E-state index is -0.0221. The molecule has 1 unspecified atom stereocenters. The lowest BCUT2D eigenvalue weighted by Gasteiger charge is -2.31. The van der Waals surface area contributed by atoms with Gasteiger partial charge in [0.1, 0.15) is 0 Å². The second kappa shape index (κ2) is 12.7. The van der Waals surface area contributed by atoms with E-state index in [4.69, 9.17) is 14.2 Å². The molecule has 2 aliphatic rings. The molecule has 1 fully saturated rings. The van der Waals surface area contributed by atoms with Gasteiger partial charge in [0, 0.05) is 36.3 Å². The van der Waals surface area contributed by atoms with Crippen LogP contribution in [0, 0.1) is 5.92 Å². The van der Waals surface area contributed by atoms with Crippen molar-refractivity contribution in [2.45, 2.75) is 44.9 Å². The Kier molecular flexibility index (Phi) is 9.10. The molecule has 2 aromatic carbocycles. The molecule has 4 rings (SSSR count). The van der Waals surface area contributed by atoms with Crippen LogP contribution in [0.1, 0.15) is 56.1 Å². The lowest BCUT2D eigenvalue weighted by atomic mass is 9.89. The first-order chi connectivity index (χ1) is 18.4. The van der Waals surface area contributed by atoms with Crippen LogP contribution in [0.4, 0.5) is 5.69 Å². The molecule has 0 aromatic heterocycles. The van der Waals surface area contributed by atoms with Gasteiger partial charge in [-0.2, -0.15) is 0 Å². The highest BCUT2D eigenvalue weighted by Crippen LogP contribution is 2.40. The van der Waals surface area contributed by atoms with Gasteiger partial charge >= 0.3 is 0 Å². The number of rotatable bonds is 8. The first-order valence-corrected chi connectivity index (χ1v) is 13.3. The van der Waals surface area contributed by atoms with E-state index in [1.807, 2.05) is 23.1 Å². The van der Waals surface area contributed by atoms with E-state index in [-0.39, 0.29) is 17.7 Å². The highest BCUT2D eigenvalue weighted by Gasteiger charge is 2.24. The average molecular weight is 519 g/mol. The van der Waals surface area contributed by atoms with Gasteiger partial charge in [-0.1, -0.05) is 23.8 Å². The van der Waals surface area contributed by atoms with E-state index in [9.17, 15) is 9.59 Å². The molecule has 38 heavy (non-hydrogen) atoms. The molecule has 1 N–H and O–H groups in total. The standard InChI is InChI=1S/C31H38N2O5/c1-21-5-7-25(8-6-21)31(35)32-26-13-9-22(10-14-26)23-17-19-33(20-18-23)28(34)16-12-24-11-15-27(36-2)30(38-4)29(24)37-3/h5,9-16,23,25H,6-8,17-20H2,1-4H3,(H,32,35)/b16-12+. The Bertz CT molecular complexity index is 1190. The number of allylic oxidation sites excluding steroid dienone is 2. The van der Waals surface area contributed by atoms with E-state index >= 15 is 0 Å². The molecule has 2 aromatic rings. The Balaban J connectivity index is 1.30. The number of benzene rings is 2. The average Bonchev–Trinajstić information content (AvgIpc) is 2.96. The maximum absolute atomic E-state index is 12.9. The molecule has 7 nitrogen and oxygen atoms in total. The molecule has 1 saturated heterocycles. The largest absolute Gasteiger partial charge is 0.493 e. The third kappa shape index (κ3) is 6.39. The highest BCUT2D eigenvalue weighted by molar-refractivity contribution is 5.93. The molecule has 2 amide bonds. The van der Waals surface area contributed by atoms with Crippen LogP contribution in [0.15, 0.2) is 54.1 Å². The number of carbonyl (C=O) groups excluding carboxylic acids is 2. The first-order valence-electron chi connectivity index (χ1n) is 13.3. The van der Waals surface area contributed by atoms with Crippen LogP contribution in [-0.2, 0) is 9.59 Å². The second-order valence-corrected chi connectivity index (χ2v) is 9.99. The van der Waals surface area contributed by atoms with E-state index in [1.165, 1.54) is 11.1 Å². The summed E-state index contributed by atoms with van der Waals surface area (Å²) < 4.78 is 16.3. The Labute approximate surface area is 225 Å². The van der Waals surface area contributed by atoms with Gasteiger partial charge in [-0.3, -0.25) is 9.59 Å². The van der Waals surface area contributed by atoms with Gasteiger partial charge in [-0.05, 0) is 80.9 Å². The molecule has 7 heteroatoms. The van der Waals surface area contributed by atoms with Crippen LogP contribution in [0.2, 0.25) is 0 Å². The Morgan fingerprint density at radius 3 is 2.24 bits per heavy atom. The molecule has 0 radical (unpaired) electrons. The van der Waals surface area contributed by atoms with Crippen molar-refractivity contribution >= 4 is 23.6 Å². The fourth-order valence-electron chi connectivity index (χ4n) is 5.24. The van der Waals surface area contributed by atoms with E-state index in [0.717, 1.165) is 43.4 Å². The third-order valence-electron chi connectivity index (χ3n) is 7.61. The zero-order valence-corrected chi connectivity index (χ0v) is 22.8. The van der Waals surface area contributed by atoms with E-state index < -0.39 is 0 Å². The second-order valence-electron chi connectivity index (χ2n) is 9.99. The maximum atomic E-state index is 12.9. The first kappa shape index (κ1) is 27.3. The molecule has 1 aliphatic carbocycles. The number of ether oxygens (including phenoxy) is 3. The van der Waals surface area contributed by atoms with Crippen LogP contribution in [0.25, 0.3) is 6.08 Å². The van der Waals surface area contributed by atoms with Gasteiger partial charge in [-0.15, -0.1) is 0 Å². The third-order valence-corrected chi connectivity index (χ3v) is 7.61. The van der Waals surface area contributed by atoms with Gasteiger partial charge in [0.05, 0.1) is 21.3 Å². The van der Waals surface area contributed by atoms with Crippen LogP contribution < -0.4 is 19.5 Å². The van der Waals surface area contributed by atoms with Crippen LogP contribution in [0.5, 0.6) is 17.2 Å². The predicted molar refractivity (Wildman–Crippen MR) is 150 cm³/mol. The number of likely N-dealkylation sites (tertiary alicyclic amines) is 1. The van der Waals surface area contributed by atoms with Crippen molar-refractivity contribution in [3.8, 4) is 17.2 Å². The number of nitrogens with zero attached hydrogens (tertiary/aromatic N) is 1. The summed E-state index contributed by atoms with van der Waals surface area (Å²) in [6.45, 7) is 3.52. The molecule has 1 aliphatic heterocycles. The predicted octanol–water partition coefficient (Wildman–Crippen LogP) is 5.82. The summed E-state index contributed by atoms with van der Waals surface area (Å²) in [5.41, 5.74) is 4.21. The number of hydrogen-bond donors (Lipinski definition) is 1. The summed E-state index contributed by atoms with van der Waals surface area (Å²) in [7, 11) is 4.70. The number of methoxy groups -OCH3 is 3. The minimum absolute atomic E-state index is 0.0221. The molecule has 1 heterocycles. The molecule has 0 spiro atoms. The SMILES string of the molecule is COc1ccc(/C=C/C(=O)N2CCC(c3ccc(NC(=O)C4CC=C(C)CC4)cc3)CC2)c(OC)c1OC. The van der Waals surface area contributed by atoms with E-state index in [0.29, 0.717) is 36.3 Å². The molecule has 202 valence electrons. The summed E-state index contributed by atoms with van der Waals surface area (Å²) in [5.74, 6) is 2.13. The van der Waals surface area contributed by atoms with Crippen molar-refractivity contribution in [3.63, 3.8) is 0 Å². The zero-order valence-electron chi connectivity index (χ0n) is 22.8. The van der Waals surface area contributed by atoms with E-state index in [2.05, 4.69) is 30.4 Å². The fourth-order valence-corrected chi connectivity index (χ4v) is 5.24. The zero-order chi connectivity index (χ0) is 27.1. The van der Waals surface area contributed by atoms with Crippen molar-refractivity contribution in [2.75, 3.05) is 39.7 Å². The fraction of sp³-hybridized carbons (Fsp3) is 0.419. The van der Waals surface area contributed by atoms with Crippen molar-refractivity contribution in [3.05, 3.63) is 65.3 Å². The minimum Gasteiger partial charge on any atom is -0.493 e. The topological polar surface area (TPSA) is 77.1 Å². The number of anilines is 1. The van der Waals surface area contributed by atoms with Gasteiger partial charge in [0.2, 0.25) is 17.6 Å². The molecular formula is C31H38N2O5. The monoisotopic (exact) mass is 518 g/mol. The summed E-state index contributed by atoms with van der Waals surface area (Å²) in [5, 5.41) is 3.08. The highest BCUT2D eigenvalue weighted by atomic mass is 16.5. The summed E-state index contributed by atoms with van der Waals surface area (Å²) in [4.78, 5) is 27.4. The van der Waals surface area contributed by atoms with Gasteiger partial charge in [-0.25, -0.2) is 0 Å². The van der Waals surface area contributed by atoms with E-state index in [1.54, 1.807) is 39.5 Å². The number of piperidine rings is 1. The Morgan fingerprint density at radius 2 is 1.63 bits per heavy atom. The lowest BCUT2D eigenvalue weighted by molar-refractivity contribution is -0.127. The van der Waals surface area contributed by atoms with Crippen molar-refractivity contribution < 1.29 is 23.8 Å². The summed E-state index contributed by atoms with van der Waals surface area (Å²) in [6, 6.07) is 11.8. The number of nitrogens with one attached hydrogen (secondary N) is 1. The quantitative estimate of drug-likeness (QED) is 0.352. The maximum Gasteiger partial charge on any atom is 0.246 e. The normalized spacial score (nSPS) is 18.2. The van der Waals surface area contributed by atoms with Crippen LogP contribution in [0.3, 0.4) is 0 Å². The molecular weight excluding hydrogens is 480 g/mol. The van der Waals surface area contributed by atoms with Gasteiger partial charge < -0.3 is 24.4 Å². The Hall–Kier alpha value is -3.74. The van der Waals surface area contributed by atoms with Crippen molar-refractivity contribution in [1.29, 1.82) is 0 Å². The number of carbonyl (C=O) groups is 2. The summed E-state index contributed by atoms with van der Waals surface area (Å²) >= 11 is 0. The molecule has 0 bridgehead atoms. The van der Waals surface area contributed by atoms with Gasteiger partial charge in [0.15, 0.2) is 11.5 Å². The van der Waals surface area contributed by atoms with Crippen molar-refractivity contribution in [1.82, 2.24) is 4.90 Å². The van der Waals surface area contributed by atoms with Gasteiger partial charge in [0.25, 0.3) is 0 Å². The van der Waals surface area contributed by atoms with Crippen LogP contribution in [-0.4, -0.2) is 51.1 Å². The summed E-state index contributed by atoms with van der Waals surface area (Å²) in [6.07, 6.45) is 10.1. The number of amides is 2. The number of hydrogen-bond acceptors (Lipinski definition) is 5. The molecule has 0 saturated carbocycles. The Morgan fingerprint density at radius 1 is 0.921 bits per heavy atom.